The van der Waals surface area contributed by atoms with Crippen LogP contribution in [0.4, 0.5) is 0 Å². The highest BCUT2D eigenvalue weighted by atomic mass is 35.5. The molecule has 9 heteroatoms. The third-order valence-electron chi connectivity index (χ3n) is 6.38. The summed E-state index contributed by atoms with van der Waals surface area (Å²) in [5.74, 6) is 0.851. The Labute approximate surface area is 220 Å². The summed E-state index contributed by atoms with van der Waals surface area (Å²) in [5, 5.41) is 6.09. The van der Waals surface area contributed by atoms with E-state index in [1.54, 1.807) is 4.68 Å². The van der Waals surface area contributed by atoms with Crippen LogP contribution in [-0.2, 0) is 16.0 Å². The molecular weight excluding hydrogens is 499 g/mol. The van der Waals surface area contributed by atoms with E-state index in [1.807, 2.05) is 48.5 Å². The first-order chi connectivity index (χ1) is 17.4. The minimum Gasteiger partial charge on any atom is -0.353 e. The second-order valence-electron chi connectivity index (χ2n) is 9.60. The Kier molecular flexibility index (Phi) is 7.53. The molecule has 0 bridgehead atoms. The molecule has 0 radical (unpaired) electrons. The van der Waals surface area contributed by atoms with Gasteiger partial charge in [-0.25, -0.2) is 9.48 Å². The highest BCUT2D eigenvalue weighted by Gasteiger charge is 2.33. The van der Waals surface area contributed by atoms with Gasteiger partial charge in [0, 0.05) is 28.6 Å². The van der Waals surface area contributed by atoms with Crippen molar-refractivity contribution in [3.63, 3.8) is 0 Å². The summed E-state index contributed by atoms with van der Waals surface area (Å²) in [6.45, 7) is 6.06. The van der Waals surface area contributed by atoms with Crippen LogP contribution in [0.1, 0.15) is 50.1 Å². The van der Waals surface area contributed by atoms with Crippen LogP contribution in [0.25, 0.3) is 11.1 Å². The van der Waals surface area contributed by atoms with Gasteiger partial charge in [0.15, 0.2) is 12.1 Å². The summed E-state index contributed by atoms with van der Waals surface area (Å²) in [7, 11) is 0. The van der Waals surface area contributed by atoms with Crippen molar-refractivity contribution in [3.8, 4) is 0 Å². The fourth-order valence-corrected chi connectivity index (χ4v) is 5.01. The summed E-state index contributed by atoms with van der Waals surface area (Å²) in [6.07, 6.45) is 2.03. The standard InChI is InChI=1S/C27H30Cl2N4O3/c1-17(2)16-32-27(34)33-26(31-32)25(19-6-10-21(29)11-7-19)24(18-4-8-20(28)9-5-18)22(30-33)12-13-23-35-14-3-15-36-23/h4-11,17,22-23,30H,3,12-16H2,1-2H3. The molecule has 0 saturated carbocycles. The maximum atomic E-state index is 13.4. The van der Waals surface area contributed by atoms with E-state index in [0.29, 0.717) is 48.5 Å². The lowest BCUT2D eigenvalue weighted by Gasteiger charge is -2.32. The molecule has 2 aromatic carbocycles. The second kappa shape index (κ2) is 10.8. The Morgan fingerprint density at radius 3 is 2.19 bits per heavy atom. The predicted octanol–water partition coefficient (Wildman–Crippen LogP) is 5.44. The SMILES string of the molecule is CC(C)Cn1nc2n(c1=O)NC(CCC1OCCCO1)C(c1ccc(Cl)cc1)=C2c1ccc(Cl)cc1. The number of aromatic nitrogens is 3. The number of hydrogen-bond acceptors (Lipinski definition) is 5. The van der Waals surface area contributed by atoms with E-state index >= 15 is 0 Å². The van der Waals surface area contributed by atoms with Crippen LogP contribution < -0.4 is 11.1 Å². The average molecular weight is 529 g/mol. The van der Waals surface area contributed by atoms with Crippen molar-refractivity contribution in [1.29, 1.82) is 0 Å². The van der Waals surface area contributed by atoms with Crippen LogP contribution in [0.2, 0.25) is 10.0 Å². The Morgan fingerprint density at radius 1 is 0.972 bits per heavy atom. The molecule has 3 heterocycles. The minimum absolute atomic E-state index is 0.185. The number of rotatable bonds is 7. The fraction of sp³-hybridized carbons (Fsp3) is 0.407. The molecule has 1 atom stereocenters. The van der Waals surface area contributed by atoms with Crippen molar-refractivity contribution in [3.05, 3.63) is 86.0 Å². The number of nitrogens with one attached hydrogen (secondary N) is 1. The van der Waals surface area contributed by atoms with E-state index in [0.717, 1.165) is 28.7 Å². The Balaban J connectivity index is 1.67. The predicted molar refractivity (Wildman–Crippen MR) is 143 cm³/mol. The van der Waals surface area contributed by atoms with E-state index < -0.39 is 0 Å². The van der Waals surface area contributed by atoms with Crippen molar-refractivity contribution in [1.82, 2.24) is 14.5 Å². The third kappa shape index (κ3) is 5.25. The van der Waals surface area contributed by atoms with E-state index in [-0.39, 0.29) is 23.9 Å². The van der Waals surface area contributed by atoms with Gasteiger partial charge in [0.1, 0.15) is 0 Å². The summed E-state index contributed by atoms with van der Waals surface area (Å²) in [4.78, 5) is 13.4. The van der Waals surface area contributed by atoms with Gasteiger partial charge in [-0.3, -0.25) is 0 Å². The molecule has 3 aromatic rings. The zero-order valence-corrected chi connectivity index (χ0v) is 21.9. The number of benzene rings is 2. The van der Waals surface area contributed by atoms with Crippen molar-refractivity contribution in [2.45, 2.75) is 52.0 Å². The molecule has 1 saturated heterocycles. The highest BCUT2D eigenvalue weighted by Crippen LogP contribution is 2.38. The second-order valence-corrected chi connectivity index (χ2v) is 10.5. The largest absolute Gasteiger partial charge is 0.365 e. The molecule has 0 aliphatic carbocycles. The topological polar surface area (TPSA) is 70.3 Å². The molecule has 0 amide bonds. The first-order valence-electron chi connectivity index (χ1n) is 12.4. The molecule has 1 fully saturated rings. The maximum absolute atomic E-state index is 13.4. The van der Waals surface area contributed by atoms with Crippen LogP contribution in [-0.4, -0.2) is 40.0 Å². The van der Waals surface area contributed by atoms with Gasteiger partial charge < -0.3 is 14.9 Å². The van der Waals surface area contributed by atoms with Gasteiger partial charge in [-0.05, 0) is 59.7 Å². The van der Waals surface area contributed by atoms with E-state index in [9.17, 15) is 4.79 Å². The van der Waals surface area contributed by atoms with Crippen LogP contribution in [0.5, 0.6) is 0 Å². The number of ether oxygens (including phenoxy) is 2. The molecule has 7 nitrogen and oxygen atoms in total. The smallest absolute Gasteiger partial charge is 0.353 e. The van der Waals surface area contributed by atoms with Gasteiger partial charge in [0.05, 0.1) is 19.3 Å². The highest BCUT2D eigenvalue weighted by molar-refractivity contribution is 6.31. The van der Waals surface area contributed by atoms with Gasteiger partial charge in [0.25, 0.3) is 0 Å². The number of fused-ring (bicyclic) bond motifs is 1. The van der Waals surface area contributed by atoms with Crippen molar-refractivity contribution in [2.24, 2.45) is 5.92 Å². The quantitative estimate of drug-likeness (QED) is 0.442. The van der Waals surface area contributed by atoms with Gasteiger partial charge in [-0.1, -0.05) is 61.3 Å². The molecule has 2 aliphatic heterocycles. The van der Waals surface area contributed by atoms with Crippen LogP contribution in [0.3, 0.4) is 0 Å². The molecular formula is C27H30Cl2N4O3. The molecule has 5 rings (SSSR count). The Bertz CT molecular complexity index is 1290. The molecule has 190 valence electrons. The van der Waals surface area contributed by atoms with Crippen LogP contribution in [0, 0.1) is 5.92 Å². The zero-order valence-electron chi connectivity index (χ0n) is 20.4. The van der Waals surface area contributed by atoms with Crippen molar-refractivity contribution < 1.29 is 9.47 Å². The summed E-state index contributed by atoms with van der Waals surface area (Å²) in [6, 6.07) is 15.3. The summed E-state index contributed by atoms with van der Waals surface area (Å²) in [5.41, 5.74) is 7.15. The number of nitrogens with zero attached hydrogens (tertiary/aromatic N) is 3. The molecule has 1 aromatic heterocycles. The number of hydrogen-bond donors (Lipinski definition) is 1. The fourth-order valence-electron chi connectivity index (χ4n) is 4.76. The lowest BCUT2D eigenvalue weighted by atomic mass is 9.86. The normalized spacial score (nSPS) is 18.4. The summed E-state index contributed by atoms with van der Waals surface area (Å²) >= 11 is 12.5. The van der Waals surface area contributed by atoms with E-state index in [4.69, 9.17) is 37.8 Å². The average Bonchev–Trinajstić information content (AvgIpc) is 3.18. The van der Waals surface area contributed by atoms with Gasteiger partial charge in [-0.2, -0.15) is 4.68 Å². The Hall–Kier alpha value is -2.58. The van der Waals surface area contributed by atoms with Crippen LogP contribution >= 0.6 is 23.2 Å². The lowest BCUT2D eigenvalue weighted by Crippen LogP contribution is -2.42. The first-order valence-corrected chi connectivity index (χ1v) is 13.1. The lowest BCUT2D eigenvalue weighted by molar-refractivity contribution is -0.181. The third-order valence-corrected chi connectivity index (χ3v) is 6.88. The molecule has 1 N–H and O–H groups in total. The first kappa shape index (κ1) is 25.1. The maximum Gasteiger partial charge on any atom is 0.365 e. The van der Waals surface area contributed by atoms with Gasteiger partial charge >= 0.3 is 5.69 Å². The molecule has 2 aliphatic rings. The van der Waals surface area contributed by atoms with E-state index in [1.165, 1.54) is 4.68 Å². The Morgan fingerprint density at radius 2 is 1.58 bits per heavy atom. The molecule has 36 heavy (non-hydrogen) atoms. The zero-order chi connectivity index (χ0) is 25.2. The van der Waals surface area contributed by atoms with Gasteiger partial charge in [0.2, 0.25) is 0 Å². The monoisotopic (exact) mass is 528 g/mol. The van der Waals surface area contributed by atoms with Gasteiger partial charge in [-0.15, -0.1) is 5.10 Å². The van der Waals surface area contributed by atoms with E-state index in [2.05, 4.69) is 19.3 Å². The minimum atomic E-state index is -0.257. The van der Waals surface area contributed by atoms with Crippen molar-refractivity contribution >= 4 is 34.3 Å². The van der Waals surface area contributed by atoms with Crippen molar-refractivity contribution in [2.75, 3.05) is 18.6 Å². The molecule has 0 spiro atoms. The van der Waals surface area contributed by atoms with Crippen LogP contribution in [0.15, 0.2) is 53.3 Å². The molecule has 1 unspecified atom stereocenters. The summed E-state index contributed by atoms with van der Waals surface area (Å²) < 4.78 is 14.7. The number of halogens is 2.